The second-order valence-electron chi connectivity index (χ2n) is 2.34. The second-order valence-corrected chi connectivity index (χ2v) is 2.34. The van der Waals surface area contributed by atoms with Crippen molar-refractivity contribution in [2.45, 2.75) is 20.3 Å². The van der Waals surface area contributed by atoms with Crippen LogP contribution in [0.1, 0.15) is 20.3 Å². The standard InChI is InChI=1S/C8H14N2O/c1-5-8(11)10(4)6-9-7(2)3/h6H,2,5H2,1,3-4H3. The van der Waals surface area contributed by atoms with E-state index in [1.54, 1.807) is 14.0 Å². The number of carbonyl (C=O) groups excluding carboxylic acids is 1. The third-order valence-corrected chi connectivity index (χ3v) is 1.15. The third-order valence-electron chi connectivity index (χ3n) is 1.15. The van der Waals surface area contributed by atoms with Gasteiger partial charge in [0.2, 0.25) is 5.91 Å². The zero-order chi connectivity index (χ0) is 8.85. The Balaban J connectivity index is 3.95. The Hall–Kier alpha value is -1.12. The molecule has 0 heterocycles. The first-order valence-electron chi connectivity index (χ1n) is 3.53. The average molecular weight is 154 g/mol. The summed E-state index contributed by atoms with van der Waals surface area (Å²) in [7, 11) is 1.68. The first-order chi connectivity index (χ1) is 5.07. The fraction of sp³-hybridized carbons (Fsp3) is 0.500. The summed E-state index contributed by atoms with van der Waals surface area (Å²) in [5.74, 6) is 0.0509. The van der Waals surface area contributed by atoms with E-state index in [0.717, 1.165) is 0 Å². The van der Waals surface area contributed by atoms with E-state index in [2.05, 4.69) is 11.6 Å². The van der Waals surface area contributed by atoms with Crippen molar-refractivity contribution in [1.29, 1.82) is 0 Å². The predicted octanol–water partition coefficient (Wildman–Crippen LogP) is 1.42. The monoisotopic (exact) mass is 154 g/mol. The van der Waals surface area contributed by atoms with Gasteiger partial charge in [-0.05, 0) is 6.92 Å². The summed E-state index contributed by atoms with van der Waals surface area (Å²) in [6, 6.07) is 0. The lowest BCUT2D eigenvalue weighted by atomic mass is 10.4. The van der Waals surface area contributed by atoms with E-state index >= 15 is 0 Å². The first kappa shape index (κ1) is 9.88. The molecule has 0 fully saturated rings. The minimum absolute atomic E-state index is 0.0509. The van der Waals surface area contributed by atoms with Crippen LogP contribution in [-0.4, -0.2) is 24.2 Å². The largest absolute Gasteiger partial charge is 0.306 e. The van der Waals surface area contributed by atoms with E-state index in [4.69, 9.17) is 0 Å². The van der Waals surface area contributed by atoms with Crippen LogP contribution in [-0.2, 0) is 4.79 Å². The molecular weight excluding hydrogens is 140 g/mol. The van der Waals surface area contributed by atoms with Gasteiger partial charge >= 0.3 is 0 Å². The molecule has 0 spiro atoms. The van der Waals surface area contributed by atoms with Gasteiger partial charge in [-0.25, -0.2) is 4.99 Å². The Morgan fingerprint density at radius 3 is 2.64 bits per heavy atom. The summed E-state index contributed by atoms with van der Waals surface area (Å²) in [5, 5.41) is 0. The van der Waals surface area contributed by atoms with Crippen LogP contribution in [0.4, 0.5) is 0 Å². The molecule has 0 rings (SSSR count). The number of carbonyl (C=O) groups is 1. The van der Waals surface area contributed by atoms with Crippen LogP contribution >= 0.6 is 0 Å². The lowest BCUT2D eigenvalue weighted by Crippen LogP contribution is -2.23. The van der Waals surface area contributed by atoms with Gasteiger partial charge in [0.05, 0.1) is 6.34 Å². The Morgan fingerprint density at radius 2 is 2.27 bits per heavy atom. The molecule has 62 valence electrons. The molecule has 0 aliphatic carbocycles. The number of allylic oxidation sites excluding steroid dienone is 1. The van der Waals surface area contributed by atoms with Gasteiger partial charge in [-0.3, -0.25) is 4.79 Å². The highest BCUT2D eigenvalue weighted by Gasteiger charge is 2.00. The normalized spacial score (nSPS) is 10.1. The zero-order valence-electron chi connectivity index (χ0n) is 7.29. The van der Waals surface area contributed by atoms with Gasteiger partial charge in [0.15, 0.2) is 0 Å². The van der Waals surface area contributed by atoms with Gasteiger partial charge in [0.25, 0.3) is 0 Å². The van der Waals surface area contributed by atoms with Gasteiger partial charge < -0.3 is 4.90 Å². The van der Waals surface area contributed by atoms with Crippen LogP contribution < -0.4 is 0 Å². The van der Waals surface area contributed by atoms with Crippen molar-refractivity contribution in [1.82, 2.24) is 4.90 Å². The molecule has 0 aromatic heterocycles. The van der Waals surface area contributed by atoms with Crippen molar-refractivity contribution in [3.8, 4) is 0 Å². The van der Waals surface area contributed by atoms with Crippen LogP contribution in [0.15, 0.2) is 17.3 Å². The van der Waals surface area contributed by atoms with Crippen molar-refractivity contribution in [3.63, 3.8) is 0 Å². The molecule has 0 saturated heterocycles. The van der Waals surface area contributed by atoms with Gasteiger partial charge in [-0.15, -0.1) is 0 Å². The van der Waals surface area contributed by atoms with E-state index in [1.165, 1.54) is 11.2 Å². The van der Waals surface area contributed by atoms with Gasteiger partial charge in [-0.2, -0.15) is 0 Å². The highest BCUT2D eigenvalue weighted by Crippen LogP contribution is 1.89. The molecule has 0 unspecified atom stereocenters. The van der Waals surface area contributed by atoms with E-state index in [9.17, 15) is 4.79 Å². The molecule has 0 aliphatic rings. The second kappa shape index (κ2) is 4.66. The molecule has 1 amide bonds. The molecule has 0 bridgehead atoms. The van der Waals surface area contributed by atoms with E-state index in [-0.39, 0.29) is 5.91 Å². The number of nitrogens with zero attached hydrogens (tertiary/aromatic N) is 2. The number of hydrogen-bond donors (Lipinski definition) is 0. The molecular formula is C8H14N2O. The highest BCUT2D eigenvalue weighted by molar-refractivity contribution is 5.87. The van der Waals surface area contributed by atoms with Crippen LogP contribution in [0.3, 0.4) is 0 Å². The molecule has 0 aromatic carbocycles. The van der Waals surface area contributed by atoms with E-state index in [1.807, 2.05) is 6.92 Å². The van der Waals surface area contributed by atoms with Crippen molar-refractivity contribution >= 4 is 12.2 Å². The lowest BCUT2D eigenvalue weighted by Gasteiger charge is -2.08. The van der Waals surface area contributed by atoms with Crippen molar-refractivity contribution in [2.24, 2.45) is 4.99 Å². The Labute approximate surface area is 67.4 Å². The predicted molar refractivity (Wildman–Crippen MR) is 46.4 cm³/mol. The summed E-state index contributed by atoms with van der Waals surface area (Å²) in [6.45, 7) is 7.17. The van der Waals surface area contributed by atoms with Gasteiger partial charge in [-0.1, -0.05) is 13.5 Å². The minimum atomic E-state index is 0.0509. The molecule has 0 atom stereocenters. The quantitative estimate of drug-likeness (QED) is 0.447. The Bertz CT molecular complexity index is 185. The maximum absolute atomic E-state index is 10.9. The Kier molecular flexibility index (Phi) is 4.18. The zero-order valence-corrected chi connectivity index (χ0v) is 7.29. The molecule has 3 nitrogen and oxygen atoms in total. The van der Waals surface area contributed by atoms with E-state index in [0.29, 0.717) is 12.1 Å². The number of amides is 1. The SMILES string of the molecule is C=C(C)N=CN(C)C(=O)CC. The molecule has 0 saturated carbocycles. The number of aliphatic imine (C=N–C) groups is 1. The molecule has 0 aliphatic heterocycles. The van der Waals surface area contributed by atoms with Crippen molar-refractivity contribution < 1.29 is 4.79 Å². The highest BCUT2D eigenvalue weighted by atomic mass is 16.2. The molecule has 0 aromatic rings. The summed E-state index contributed by atoms with van der Waals surface area (Å²) in [4.78, 5) is 16.3. The molecule has 0 radical (unpaired) electrons. The fourth-order valence-electron chi connectivity index (χ4n) is 0.499. The number of rotatable bonds is 3. The van der Waals surface area contributed by atoms with Gasteiger partial charge in [0, 0.05) is 19.2 Å². The number of hydrogen-bond acceptors (Lipinski definition) is 2. The van der Waals surface area contributed by atoms with Crippen LogP contribution in [0.5, 0.6) is 0 Å². The maximum Gasteiger partial charge on any atom is 0.227 e. The first-order valence-corrected chi connectivity index (χ1v) is 3.53. The molecule has 11 heavy (non-hydrogen) atoms. The maximum atomic E-state index is 10.9. The van der Waals surface area contributed by atoms with E-state index < -0.39 is 0 Å². The van der Waals surface area contributed by atoms with Crippen molar-refractivity contribution in [3.05, 3.63) is 12.3 Å². The summed E-state index contributed by atoms with van der Waals surface area (Å²) in [6.07, 6.45) is 1.98. The van der Waals surface area contributed by atoms with Gasteiger partial charge in [0.1, 0.15) is 0 Å². The molecule has 0 N–H and O–H groups in total. The minimum Gasteiger partial charge on any atom is -0.306 e. The summed E-state index contributed by atoms with van der Waals surface area (Å²) in [5.41, 5.74) is 0.695. The van der Waals surface area contributed by atoms with Crippen LogP contribution in [0, 0.1) is 0 Å². The average Bonchev–Trinajstić information content (AvgIpc) is 1.98. The Morgan fingerprint density at radius 1 is 1.73 bits per heavy atom. The molecule has 3 heteroatoms. The smallest absolute Gasteiger partial charge is 0.227 e. The summed E-state index contributed by atoms with van der Waals surface area (Å²) >= 11 is 0. The van der Waals surface area contributed by atoms with Crippen LogP contribution in [0.25, 0.3) is 0 Å². The topological polar surface area (TPSA) is 32.7 Å². The fourth-order valence-corrected chi connectivity index (χ4v) is 0.499. The lowest BCUT2D eigenvalue weighted by molar-refractivity contribution is -0.125. The third kappa shape index (κ3) is 4.31. The summed E-state index contributed by atoms with van der Waals surface area (Å²) < 4.78 is 0. The van der Waals surface area contributed by atoms with Crippen LogP contribution in [0.2, 0.25) is 0 Å². The van der Waals surface area contributed by atoms with Crippen molar-refractivity contribution in [2.75, 3.05) is 7.05 Å².